The lowest BCUT2D eigenvalue weighted by Crippen LogP contribution is -2.23. The Hall–Kier alpha value is -0.910. The predicted octanol–water partition coefficient (Wildman–Crippen LogP) is 2.03. The topological polar surface area (TPSA) is 50.5 Å². The van der Waals surface area contributed by atoms with Crippen LogP contribution in [0.15, 0.2) is 10.6 Å². The van der Waals surface area contributed by atoms with Crippen molar-refractivity contribution in [3.05, 3.63) is 17.5 Å². The third-order valence-electron chi connectivity index (χ3n) is 3.46. The minimum Gasteiger partial charge on any atom is -0.372 e. The number of likely N-dealkylation sites (tertiary alicyclic amines) is 1. The second-order valence-electron chi connectivity index (χ2n) is 5.91. The van der Waals surface area contributed by atoms with E-state index in [2.05, 4.69) is 29.2 Å². The summed E-state index contributed by atoms with van der Waals surface area (Å²) in [5.74, 6) is 1.46. The van der Waals surface area contributed by atoms with Gasteiger partial charge in [0, 0.05) is 19.2 Å². The molecule has 2 rings (SSSR count). The van der Waals surface area contributed by atoms with Crippen LogP contribution in [-0.4, -0.2) is 42.8 Å². The van der Waals surface area contributed by atoms with Gasteiger partial charge < -0.3 is 19.5 Å². The summed E-state index contributed by atoms with van der Waals surface area (Å²) in [6.07, 6.45) is 2.66. The zero-order valence-corrected chi connectivity index (χ0v) is 12.7. The van der Waals surface area contributed by atoms with Gasteiger partial charge in [-0.2, -0.15) is 0 Å². The van der Waals surface area contributed by atoms with Crippen molar-refractivity contribution in [2.75, 3.05) is 32.8 Å². The highest BCUT2D eigenvalue weighted by atomic mass is 16.5. The van der Waals surface area contributed by atoms with E-state index in [1.165, 1.54) is 25.9 Å². The van der Waals surface area contributed by atoms with Gasteiger partial charge in [0.05, 0.1) is 12.3 Å². The van der Waals surface area contributed by atoms with Gasteiger partial charge in [-0.15, -0.1) is 0 Å². The van der Waals surface area contributed by atoms with Crippen molar-refractivity contribution in [3.63, 3.8) is 0 Å². The summed E-state index contributed by atoms with van der Waals surface area (Å²) < 4.78 is 10.9. The van der Waals surface area contributed by atoms with E-state index < -0.39 is 0 Å². The molecule has 2 heterocycles. The van der Waals surface area contributed by atoms with Gasteiger partial charge in [0.1, 0.15) is 6.61 Å². The molecule has 0 unspecified atom stereocenters. The van der Waals surface area contributed by atoms with Crippen LogP contribution in [0.3, 0.4) is 0 Å². The Labute approximate surface area is 121 Å². The summed E-state index contributed by atoms with van der Waals surface area (Å²) in [5.41, 5.74) is 0.948. The first-order chi connectivity index (χ1) is 9.74. The van der Waals surface area contributed by atoms with Crippen LogP contribution in [0.4, 0.5) is 0 Å². The Kier molecular flexibility index (Phi) is 6.50. The molecule has 1 fully saturated rings. The molecule has 0 bridgehead atoms. The number of ether oxygens (including phenoxy) is 1. The molecular formula is C15H27N3O2. The average molecular weight is 281 g/mol. The first kappa shape index (κ1) is 15.5. The lowest BCUT2D eigenvalue weighted by atomic mass is 10.2. The van der Waals surface area contributed by atoms with Gasteiger partial charge in [0.25, 0.3) is 0 Å². The molecule has 0 aliphatic carbocycles. The first-order valence-corrected chi connectivity index (χ1v) is 7.69. The average Bonchev–Trinajstić information content (AvgIpc) is 3.05. The minimum absolute atomic E-state index is 0.519. The van der Waals surface area contributed by atoms with E-state index in [0.29, 0.717) is 12.5 Å². The quantitative estimate of drug-likeness (QED) is 0.702. The van der Waals surface area contributed by atoms with Gasteiger partial charge in [-0.05, 0) is 38.4 Å². The van der Waals surface area contributed by atoms with Crippen LogP contribution in [-0.2, 0) is 17.9 Å². The molecule has 1 aromatic rings. The molecule has 1 aliphatic heterocycles. The van der Waals surface area contributed by atoms with Crippen LogP contribution in [0.1, 0.15) is 38.1 Å². The van der Waals surface area contributed by atoms with Crippen molar-refractivity contribution >= 4 is 0 Å². The molecule has 0 radical (unpaired) electrons. The molecule has 0 spiro atoms. The summed E-state index contributed by atoms with van der Waals surface area (Å²) in [4.78, 5) is 2.45. The van der Waals surface area contributed by atoms with Gasteiger partial charge in [0.2, 0.25) is 0 Å². The summed E-state index contributed by atoms with van der Waals surface area (Å²) in [6.45, 7) is 10.9. The van der Waals surface area contributed by atoms with Crippen molar-refractivity contribution in [2.45, 2.75) is 39.8 Å². The summed E-state index contributed by atoms with van der Waals surface area (Å²) >= 11 is 0. The second kappa shape index (κ2) is 8.39. The summed E-state index contributed by atoms with van der Waals surface area (Å²) in [6, 6.07) is 1.98. The van der Waals surface area contributed by atoms with Gasteiger partial charge in [-0.1, -0.05) is 19.0 Å². The number of hydrogen-bond acceptors (Lipinski definition) is 5. The Balaban J connectivity index is 1.57. The molecule has 114 valence electrons. The van der Waals surface area contributed by atoms with Gasteiger partial charge in [-0.25, -0.2) is 0 Å². The van der Waals surface area contributed by atoms with E-state index in [-0.39, 0.29) is 0 Å². The Morgan fingerprint density at radius 1 is 1.40 bits per heavy atom. The molecular weight excluding hydrogens is 254 g/mol. The summed E-state index contributed by atoms with van der Waals surface area (Å²) in [5, 5.41) is 7.39. The SMILES string of the molecule is CC(C)CNCc1cc(COCCN2CCCC2)on1. The van der Waals surface area contributed by atoms with Crippen LogP contribution >= 0.6 is 0 Å². The first-order valence-electron chi connectivity index (χ1n) is 7.69. The molecule has 1 N–H and O–H groups in total. The van der Waals surface area contributed by atoms with Crippen LogP contribution in [0.2, 0.25) is 0 Å². The van der Waals surface area contributed by atoms with Crippen molar-refractivity contribution < 1.29 is 9.26 Å². The highest BCUT2D eigenvalue weighted by molar-refractivity contribution is 5.04. The maximum absolute atomic E-state index is 5.64. The van der Waals surface area contributed by atoms with E-state index in [9.17, 15) is 0 Å². The number of aromatic nitrogens is 1. The van der Waals surface area contributed by atoms with E-state index in [1.807, 2.05) is 6.07 Å². The van der Waals surface area contributed by atoms with E-state index in [0.717, 1.165) is 37.7 Å². The maximum Gasteiger partial charge on any atom is 0.162 e. The number of rotatable bonds is 9. The van der Waals surface area contributed by atoms with Crippen molar-refractivity contribution in [2.24, 2.45) is 5.92 Å². The van der Waals surface area contributed by atoms with Gasteiger partial charge in [0.15, 0.2) is 5.76 Å². The van der Waals surface area contributed by atoms with E-state index >= 15 is 0 Å². The summed E-state index contributed by atoms with van der Waals surface area (Å²) in [7, 11) is 0. The zero-order valence-electron chi connectivity index (χ0n) is 12.7. The highest BCUT2D eigenvalue weighted by Crippen LogP contribution is 2.08. The third-order valence-corrected chi connectivity index (χ3v) is 3.46. The highest BCUT2D eigenvalue weighted by Gasteiger charge is 2.11. The molecule has 1 aromatic heterocycles. The zero-order chi connectivity index (χ0) is 14.2. The molecule has 5 heteroatoms. The monoisotopic (exact) mass is 281 g/mol. The van der Waals surface area contributed by atoms with Crippen LogP contribution in [0.25, 0.3) is 0 Å². The van der Waals surface area contributed by atoms with Crippen LogP contribution in [0.5, 0.6) is 0 Å². The fourth-order valence-electron chi connectivity index (χ4n) is 2.37. The molecule has 5 nitrogen and oxygen atoms in total. The third kappa shape index (κ3) is 5.61. The van der Waals surface area contributed by atoms with Gasteiger partial charge in [-0.3, -0.25) is 0 Å². The smallest absolute Gasteiger partial charge is 0.162 e. The largest absolute Gasteiger partial charge is 0.372 e. The normalized spacial score (nSPS) is 16.4. The number of nitrogens with one attached hydrogen (secondary N) is 1. The minimum atomic E-state index is 0.519. The van der Waals surface area contributed by atoms with Gasteiger partial charge >= 0.3 is 0 Å². The Bertz CT molecular complexity index is 373. The second-order valence-corrected chi connectivity index (χ2v) is 5.91. The molecule has 0 amide bonds. The van der Waals surface area contributed by atoms with Crippen LogP contribution < -0.4 is 5.32 Å². The molecule has 0 aromatic carbocycles. The van der Waals surface area contributed by atoms with Crippen molar-refractivity contribution in [3.8, 4) is 0 Å². The van der Waals surface area contributed by atoms with Crippen molar-refractivity contribution in [1.82, 2.24) is 15.4 Å². The molecule has 1 saturated heterocycles. The van der Waals surface area contributed by atoms with E-state index in [4.69, 9.17) is 9.26 Å². The fraction of sp³-hybridized carbons (Fsp3) is 0.800. The molecule has 0 saturated carbocycles. The molecule has 0 atom stereocenters. The molecule has 20 heavy (non-hydrogen) atoms. The number of hydrogen-bond donors (Lipinski definition) is 1. The standard InChI is InChI=1S/C15H27N3O2/c1-13(2)10-16-11-14-9-15(20-17-14)12-19-8-7-18-5-3-4-6-18/h9,13,16H,3-8,10-12H2,1-2H3. The predicted molar refractivity (Wildman–Crippen MR) is 78.4 cm³/mol. The van der Waals surface area contributed by atoms with E-state index in [1.54, 1.807) is 0 Å². The lowest BCUT2D eigenvalue weighted by Gasteiger charge is -2.13. The fourth-order valence-corrected chi connectivity index (χ4v) is 2.37. The van der Waals surface area contributed by atoms with Crippen molar-refractivity contribution in [1.29, 1.82) is 0 Å². The van der Waals surface area contributed by atoms with Crippen LogP contribution in [0, 0.1) is 5.92 Å². The Morgan fingerprint density at radius 3 is 2.95 bits per heavy atom. The molecule has 1 aliphatic rings. The Morgan fingerprint density at radius 2 is 2.20 bits per heavy atom. The lowest BCUT2D eigenvalue weighted by molar-refractivity contribution is 0.0836. The number of nitrogens with zero attached hydrogens (tertiary/aromatic N) is 2. The maximum atomic E-state index is 5.64.